The number of imide groups is 1. The third kappa shape index (κ3) is 4.42. The summed E-state index contributed by atoms with van der Waals surface area (Å²) in [5, 5.41) is 10.2. The molecular weight excluding hydrogens is 560 g/mol. The van der Waals surface area contributed by atoms with Crippen molar-refractivity contribution in [2.24, 2.45) is 0 Å². The highest BCUT2D eigenvalue weighted by Gasteiger charge is 2.36. The van der Waals surface area contributed by atoms with Crippen molar-refractivity contribution in [3.63, 3.8) is 0 Å². The average Bonchev–Trinajstić information content (AvgIpc) is 2.72. The maximum absolute atomic E-state index is 12.3. The van der Waals surface area contributed by atoms with E-state index >= 15 is 0 Å². The average molecular weight is 572 g/mol. The highest BCUT2D eigenvalue weighted by molar-refractivity contribution is 14.1. The Morgan fingerprint density at radius 1 is 1.33 bits per heavy atom. The lowest BCUT2D eigenvalue weighted by atomic mass is 10.2. The third-order valence-electron chi connectivity index (χ3n) is 2.99. The summed E-state index contributed by atoms with van der Waals surface area (Å²) < 4.78 is 6.62. The number of carboxylic acids is 1. The van der Waals surface area contributed by atoms with Crippen molar-refractivity contribution in [1.82, 2.24) is 4.90 Å². The van der Waals surface area contributed by atoms with Crippen LogP contribution < -0.4 is 9.84 Å². The van der Waals surface area contributed by atoms with Crippen LogP contribution in [0.15, 0.2) is 17.0 Å². The van der Waals surface area contributed by atoms with Gasteiger partial charge < -0.3 is 14.6 Å². The number of benzene rings is 1. The van der Waals surface area contributed by atoms with E-state index in [0.717, 1.165) is 17.3 Å². The zero-order chi connectivity index (χ0) is 18.0. The van der Waals surface area contributed by atoms with Crippen molar-refractivity contribution in [1.29, 1.82) is 0 Å². The van der Waals surface area contributed by atoms with Crippen LogP contribution in [0.4, 0.5) is 4.79 Å². The van der Waals surface area contributed by atoms with E-state index in [1.54, 1.807) is 32.1 Å². The van der Waals surface area contributed by atoms with E-state index in [1.165, 1.54) is 4.90 Å². The van der Waals surface area contributed by atoms with Crippen LogP contribution in [0.3, 0.4) is 0 Å². The largest absolute Gasteiger partial charge is 0.546 e. The lowest BCUT2D eigenvalue weighted by Crippen LogP contribution is -2.34. The van der Waals surface area contributed by atoms with E-state index in [9.17, 15) is 19.5 Å². The van der Waals surface area contributed by atoms with Crippen molar-refractivity contribution >= 4 is 80.1 Å². The highest BCUT2D eigenvalue weighted by Crippen LogP contribution is 2.35. The normalized spacial score (nSPS) is 16.4. The zero-order valence-corrected chi connectivity index (χ0v) is 17.8. The van der Waals surface area contributed by atoms with Gasteiger partial charge in [-0.2, -0.15) is 0 Å². The van der Waals surface area contributed by atoms with Gasteiger partial charge in [0.05, 0.1) is 18.0 Å². The second kappa shape index (κ2) is 8.04. The molecule has 1 heterocycles. The second-order valence-electron chi connectivity index (χ2n) is 5.12. The Kier molecular flexibility index (Phi) is 6.53. The number of carbonyl (C=O) groups excluding carboxylic acids is 3. The zero-order valence-electron chi connectivity index (χ0n) is 12.7. The number of carboxylic acid groups (broad SMARTS) is 1. The van der Waals surface area contributed by atoms with Crippen LogP contribution in [-0.4, -0.2) is 34.7 Å². The number of carbonyl (C=O) groups is 3. The number of nitrogens with zero attached hydrogens (tertiary/aromatic N) is 1. The first-order chi connectivity index (χ1) is 11.2. The molecule has 0 bridgehead atoms. The molecule has 0 spiro atoms. The molecule has 1 aliphatic heterocycles. The Morgan fingerprint density at radius 2 is 1.92 bits per heavy atom. The van der Waals surface area contributed by atoms with Crippen LogP contribution >= 0.6 is 56.9 Å². The summed E-state index contributed by atoms with van der Waals surface area (Å²) in [6.45, 7) is 3.04. The number of hydrogen-bond donors (Lipinski definition) is 0. The monoisotopic (exact) mass is 572 g/mol. The molecule has 1 aromatic rings. The maximum Gasteiger partial charge on any atom is 0.293 e. The molecule has 0 unspecified atom stereocenters. The summed E-state index contributed by atoms with van der Waals surface area (Å²) in [4.78, 5) is 36.3. The Bertz CT molecular complexity index is 724. The van der Waals surface area contributed by atoms with Crippen LogP contribution in [-0.2, 0) is 9.59 Å². The molecule has 2 amide bonds. The Labute approximate surface area is 170 Å². The van der Waals surface area contributed by atoms with E-state index in [-0.39, 0.29) is 17.2 Å². The molecule has 24 heavy (non-hydrogen) atoms. The van der Waals surface area contributed by atoms with Crippen molar-refractivity contribution in [2.45, 2.75) is 19.9 Å². The molecule has 0 radical (unpaired) electrons. The summed E-state index contributed by atoms with van der Waals surface area (Å²) in [6.07, 6.45) is 1.65. The molecule has 0 saturated carbocycles. The quantitative estimate of drug-likeness (QED) is 0.399. The van der Waals surface area contributed by atoms with Gasteiger partial charge >= 0.3 is 0 Å². The van der Waals surface area contributed by atoms with E-state index in [0.29, 0.717) is 17.8 Å². The fraction of sp³-hybridized carbons (Fsp3) is 0.267. The van der Waals surface area contributed by atoms with E-state index < -0.39 is 12.6 Å². The van der Waals surface area contributed by atoms with Gasteiger partial charge in [0.25, 0.3) is 11.1 Å². The first-order valence-corrected chi connectivity index (χ1v) is 9.77. The van der Waals surface area contributed by atoms with Gasteiger partial charge in [0, 0.05) is 6.04 Å². The molecular formula is C15H12I2NO5S-. The molecule has 1 aliphatic rings. The standard InChI is InChI=1S/C15H13I2NO5S/c1-7(2)18-14(21)11(24-15(18)22)5-8-3-9(16)13(10(17)4-8)23-6-12(19)20/h3-5,7H,6H2,1-2H3,(H,19,20)/p-1/b11-5+. The van der Waals surface area contributed by atoms with Gasteiger partial charge in [-0.15, -0.1) is 0 Å². The van der Waals surface area contributed by atoms with Crippen molar-refractivity contribution < 1.29 is 24.2 Å². The smallest absolute Gasteiger partial charge is 0.293 e. The third-order valence-corrected chi connectivity index (χ3v) is 5.48. The Hall–Kier alpha value is -0.820. The molecule has 9 heteroatoms. The number of ether oxygens (including phenoxy) is 1. The minimum atomic E-state index is -1.30. The SMILES string of the molecule is CC(C)N1C(=O)S/C(=C/c2cc(I)c(OCC(=O)[O-])c(I)c2)C1=O. The molecule has 1 aromatic carbocycles. The number of amides is 2. The van der Waals surface area contributed by atoms with Crippen LogP contribution in [0.25, 0.3) is 6.08 Å². The van der Waals surface area contributed by atoms with E-state index in [2.05, 4.69) is 0 Å². The number of rotatable bonds is 5. The lowest BCUT2D eigenvalue weighted by molar-refractivity contribution is -0.307. The number of thioether (sulfide) groups is 1. The number of hydrogen-bond acceptors (Lipinski definition) is 6. The first kappa shape index (κ1) is 19.5. The topological polar surface area (TPSA) is 86.7 Å². The van der Waals surface area contributed by atoms with Crippen LogP contribution in [0.5, 0.6) is 5.75 Å². The van der Waals surface area contributed by atoms with Gasteiger partial charge in [-0.1, -0.05) is 0 Å². The highest BCUT2D eigenvalue weighted by atomic mass is 127. The first-order valence-electron chi connectivity index (χ1n) is 6.79. The molecule has 128 valence electrons. The lowest BCUT2D eigenvalue weighted by Gasteiger charge is -2.16. The molecule has 0 aliphatic carbocycles. The molecule has 1 fully saturated rings. The Morgan fingerprint density at radius 3 is 2.38 bits per heavy atom. The van der Waals surface area contributed by atoms with Crippen molar-refractivity contribution in [2.75, 3.05) is 6.61 Å². The molecule has 6 nitrogen and oxygen atoms in total. The number of aliphatic carboxylic acids is 1. The number of halogens is 2. The van der Waals surface area contributed by atoms with Gasteiger partial charge in [-0.05, 0) is 94.6 Å². The van der Waals surface area contributed by atoms with E-state index in [4.69, 9.17) is 4.74 Å². The Balaban J connectivity index is 2.29. The second-order valence-corrected chi connectivity index (χ2v) is 8.44. The minimum Gasteiger partial charge on any atom is -0.546 e. The summed E-state index contributed by atoms with van der Waals surface area (Å²) in [5.41, 5.74) is 0.735. The molecule has 1 saturated heterocycles. The fourth-order valence-corrected chi connectivity index (χ4v) is 5.10. The van der Waals surface area contributed by atoms with Gasteiger partial charge in [-0.3, -0.25) is 14.5 Å². The molecule has 0 atom stereocenters. The molecule has 0 aromatic heterocycles. The van der Waals surface area contributed by atoms with Gasteiger partial charge in [0.2, 0.25) is 0 Å². The van der Waals surface area contributed by atoms with Crippen LogP contribution in [0, 0.1) is 7.14 Å². The van der Waals surface area contributed by atoms with Gasteiger partial charge in [-0.25, -0.2) is 0 Å². The van der Waals surface area contributed by atoms with Crippen molar-refractivity contribution in [3.05, 3.63) is 29.7 Å². The molecule has 0 N–H and O–H groups in total. The van der Waals surface area contributed by atoms with E-state index in [1.807, 2.05) is 45.2 Å². The summed E-state index contributed by atoms with van der Waals surface area (Å²) in [7, 11) is 0. The van der Waals surface area contributed by atoms with Gasteiger partial charge in [0.15, 0.2) is 0 Å². The maximum atomic E-state index is 12.3. The van der Waals surface area contributed by atoms with Gasteiger partial charge in [0.1, 0.15) is 12.4 Å². The van der Waals surface area contributed by atoms with Crippen LogP contribution in [0.2, 0.25) is 0 Å². The van der Waals surface area contributed by atoms with Crippen LogP contribution in [0.1, 0.15) is 19.4 Å². The fourth-order valence-electron chi connectivity index (χ4n) is 2.01. The minimum absolute atomic E-state index is 0.191. The van der Waals surface area contributed by atoms with Crippen molar-refractivity contribution in [3.8, 4) is 5.75 Å². The predicted octanol–water partition coefficient (Wildman–Crippen LogP) is 2.47. The summed E-state index contributed by atoms with van der Waals surface area (Å²) >= 11 is 4.97. The molecule has 2 rings (SSSR count). The summed E-state index contributed by atoms with van der Waals surface area (Å²) in [5.74, 6) is -1.15. The predicted molar refractivity (Wildman–Crippen MR) is 105 cm³/mol. The summed E-state index contributed by atoms with van der Waals surface area (Å²) in [6, 6.07) is 3.33.